The van der Waals surface area contributed by atoms with Crippen molar-refractivity contribution in [3.63, 3.8) is 0 Å². The summed E-state index contributed by atoms with van der Waals surface area (Å²) >= 11 is 0. The van der Waals surface area contributed by atoms with E-state index < -0.39 is 0 Å². The molecular weight excluding hydrogens is 190 g/mol. The molecule has 0 atom stereocenters. The molecule has 0 radical (unpaired) electrons. The summed E-state index contributed by atoms with van der Waals surface area (Å²) in [7, 11) is 0. The van der Waals surface area contributed by atoms with E-state index in [1.54, 1.807) is 4.57 Å². The van der Waals surface area contributed by atoms with E-state index in [-0.39, 0.29) is 5.56 Å². The van der Waals surface area contributed by atoms with Crippen molar-refractivity contribution in [2.75, 3.05) is 6.54 Å². The molecule has 0 fully saturated rings. The topological polar surface area (TPSA) is 46.9 Å². The van der Waals surface area contributed by atoms with Gasteiger partial charge >= 0.3 is 0 Å². The van der Waals surface area contributed by atoms with Crippen LogP contribution in [0.25, 0.3) is 0 Å². The van der Waals surface area contributed by atoms with E-state index >= 15 is 0 Å². The third-order valence-electron chi connectivity index (χ3n) is 1.95. The standard InChI is InChI=1S/C11H17N3O/c1-9(2)13-6-10(3)7-14-8-12-5-4-11(14)15/h4-5,8-9,13H,3,6-7H2,1-2H3. The molecule has 1 aromatic rings. The van der Waals surface area contributed by atoms with E-state index in [1.165, 1.54) is 18.6 Å². The number of hydrogen-bond acceptors (Lipinski definition) is 3. The highest BCUT2D eigenvalue weighted by Crippen LogP contribution is 1.92. The molecule has 82 valence electrons. The van der Waals surface area contributed by atoms with Gasteiger partial charge < -0.3 is 5.32 Å². The molecule has 1 heterocycles. The summed E-state index contributed by atoms with van der Waals surface area (Å²) in [6.07, 6.45) is 3.02. The van der Waals surface area contributed by atoms with Crippen LogP contribution in [0.3, 0.4) is 0 Å². The molecule has 0 aromatic carbocycles. The van der Waals surface area contributed by atoms with E-state index in [4.69, 9.17) is 0 Å². The summed E-state index contributed by atoms with van der Waals surface area (Å²) in [4.78, 5) is 15.2. The molecule has 1 N–H and O–H groups in total. The third kappa shape index (κ3) is 4.08. The van der Waals surface area contributed by atoms with Gasteiger partial charge in [-0.3, -0.25) is 9.36 Å². The van der Waals surface area contributed by atoms with Gasteiger partial charge in [-0.05, 0) is 5.57 Å². The van der Waals surface area contributed by atoms with E-state index in [0.29, 0.717) is 12.6 Å². The summed E-state index contributed by atoms with van der Waals surface area (Å²) in [5, 5.41) is 3.25. The van der Waals surface area contributed by atoms with Crippen LogP contribution in [0.1, 0.15) is 13.8 Å². The maximum Gasteiger partial charge on any atom is 0.253 e. The SMILES string of the molecule is C=C(CNC(C)C)Cn1cnccc1=O. The van der Waals surface area contributed by atoms with Gasteiger partial charge in [-0.25, -0.2) is 4.98 Å². The minimum Gasteiger partial charge on any atom is -0.311 e. The number of hydrogen-bond donors (Lipinski definition) is 1. The molecule has 0 aliphatic carbocycles. The van der Waals surface area contributed by atoms with Crippen LogP contribution in [0.2, 0.25) is 0 Å². The Morgan fingerprint density at radius 1 is 1.67 bits per heavy atom. The Morgan fingerprint density at radius 3 is 3.00 bits per heavy atom. The lowest BCUT2D eigenvalue weighted by atomic mass is 10.2. The van der Waals surface area contributed by atoms with Crippen molar-refractivity contribution in [3.8, 4) is 0 Å². The first-order chi connectivity index (χ1) is 7.09. The fraction of sp³-hybridized carbons (Fsp3) is 0.455. The summed E-state index contributed by atoms with van der Waals surface area (Å²) < 4.78 is 1.55. The largest absolute Gasteiger partial charge is 0.311 e. The lowest BCUT2D eigenvalue weighted by molar-refractivity contribution is 0.598. The molecule has 0 saturated heterocycles. The highest BCUT2D eigenvalue weighted by Gasteiger charge is 1.99. The zero-order valence-electron chi connectivity index (χ0n) is 9.23. The predicted octanol–water partition coefficient (Wildman–Crippen LogP) is 0.798. The van der Waals surface area contributed by atoms with Gasteiger partial charge in [-0.1, -0.05) is 20.4 Å². The Kier molecular flexibility index (Phi) is 4.24. The first-order valence-electron chi connectivity index (χ1n) is 5.00. The second-order valence-electron chi connectivity index (χ2n) is 3.83. The minimum absolute atomic E-state index is 0.0457. The summed E-state index contributed by atoms with van der Waals surface area (Å²) in [5.74, 6) is 0. The Hall–Kier alpha value is -1.42. The Bertz CT molecular complexity index is 381. The first kappa shape index (κ1) is 11.7. The van der Waals surface area contributed by atoms with Gasteiger partial charge in [0.05, 0.1) is 6.33 Å². The zero-order valence-corrected chi connectivity index (χ0v) is 9.23. The van der Waals surface area contributed by atoms with Gasteiger partial charge in [0, 0.05) is 31.4 Å². The molecule has 0 spiro atoms. The fourth-order valence-corrected chi connectivity index (χ4v) is 1.14. The van der Waals surface area contributed by atoms with Crippen molar-refractivity contribution in [2.45, 2.75) is 26.4 Å². The average molecular weight is 207 g/mol. The molecular formula is C11H17N3O. The van der Waals surface area contributed by atoms with Crippen molar-refractivity contribution >= 4 is 0 Å². The molecule has 1 rings (SSSR count). The molecule has 4 heteroatoms. The van der Waals surface area contributed by atoms with Crippen LogP contribution >= 0.6 is 0 Å². The summed E-state index contributed by atoms with van der Waals surface area (Å²) in [6, 6.07) is 1.87. The first-order valence-corrected chi connectivity index (χ1v) is 5.00. The lowest BCUT2D eigenvalue weighted by Gasteiger charge is -2.11. The molecule has 1 aromatic heterocycles. The maximum atomic E-state index is 11.4. The molecule has 0 unspecified atom stereocenters. The van der Waals surface area contributed by atoms with E-state index in [1.807, 2.05) is 0 Å². The van der Waals surface area contributed by atoms with Crippen LogP contribution in [-0.2, 0) is 6.54 Å². The normalized spacial score (nSPS) is 10.6. The maximum absolute atomic E-state index is 11.4. The van der Waals surface area contributed by atoms with Crippen molar-refractivity contribution < 1.29 is 0 Å². The van der Waals surface area contributed by atoms with Crippen molar-refractivity contribution in [1.29, 1.82) is 0 Å². The fourth-order valence-electron chi connectivity index (χ4n) is 1.14. The third-order valence-corrected chi connectivity index (χ3v) is 1.95. The second-order valence-corrected chi connectivity index (χ2v) is 3.83. The van der Waals surface area contributed by atoms with Gasteiger partial charge in [-0.2, -0.15) is 0 Å². The van der Waals surface area contributed by atoms with Crippen LogP contribution in [-0.4, -0.2) is 22.1 Å². The Morgan fingerprint density at radius 2 is 2.40 bits per heavy atom. The number of nitrogens with zero attached hydrogens (tertiary/aromatic N) is 2. The molecule has 4 nitrogen and oxygen atoms in total. The minimum atomic E-state index is -0.0457. The lowest BCUT2D eigenvalue weighted by Crippen LogP contribution is -2.28. The summed E-state index contributed by atoms with van der Waals surface area (Å²) in [6.45, 7) is 9.30. The molecule has 15 heavy (non-hydrogen) atoms. The highest BCUT2D eigenvalue weighted by molar-refractivity contribution is 4.98. The van der Waals surface area contributed by atoms with Gasteiger partial charge in [0.15, 0.2) is 0 Å². The molecule has 0 saturated carbocycles. The van der Waals surface area contributed by atoms with Gasteiger partial charge in [0.2, 0.25) is 0 Å². The van der Waals surface area contributed by atoms with Crippen LogP contribution in [0.5, 0.6) is 0 Å². The van der Waals surface area contributed by atoms with Gasteiger partial charge in [0.25, 0.3) is 5.56 Å². The molecule has 0 aliphatic heterocycles. The van der Waals surface area contributed by atoms with E-state index in [9.17, 15) is 4.79 Å². The van der Waals surface area contributed by atoms with Crippen LogP contribution < -0.4 is 10.9 Å². The van der Waals surface area contributed by atoms with E-state index in [0.717, 1.165) is 12.1 Å². The molecule has 0 amide bonds. The quantitative estimate of drug-likeness (QED) is 0.726. The second kappa shape index (κ2) is 5.46. The van der Waals surface area contributed by atoms with E-state index in [2.05, 4.69) is 30.7 Å². The summed E-state index contributed by atoms with van der Waals surface area (Å²) in [5.41, 5.74) is 0.925. The van der Waals surface area contributed by atoms with Gasteiger partial charge in [-0.15, -0.1) is 0 Å². The number of rotatable bonds is 5. The molecule has 0 bridgehead atoms. The Labute approximate surface area is 89.7 Å². The predicted molar refractivity (Wildman–Crippen MR) is 60.8 cm³/mol. The van der Waals surface area contributed by atoms with Crippen LogP contribution in [0.4, 0.5) is 0 Å². The zero-order chi connectivity index (χ0) is 11.3. The smallest absolute Gasteiger partial charge is 0.253 e. The van der Waals surface area contributed by atoms with Crippen molar-refractivity contribution in [1.82, 2.24) is 14.9 Å². The van der Waals surface area contributed by atoms with Crippen LogP contribution in [0, 0.1) is 0 Å². The Balaban J connectivity index is 2.52. The van der Waals surface area contributed by atoms with Crippen molar-refractivity contribution in [3.05, 3.63) is 41.1 Å². The van der Waals surface area contributed by atoms with Gasteiger partial charge in [0.1, 0.15) is 0 Å². The average Bonchev–Trinajstić information content (AvgIpc) is 2.18. The molecule has 0 aliphatic rings. The number of nitrogens with one attached hydrogen (secondary N) is 1. The highest BCUT2D eigenvalue weighted by atomic mass is 16.1. The number of aromatic nitrogens is 2. The van der Waals surface area contributed by atoms with Crippen LogP contribution in [0.15, 0.2) is 35.5 Å². The van der Waals surface area contributed by atoms with Crippen molar-refractivity contribution in [2.24, 2.45) is 0 Å². The monoisotopic (exact) mass is 207 g/mol.